The van der Waals surface area contributed by atoms with Gasteiger partial charge in [0.25, 0.3) is 5.56 Å². The number of fused-ring (bicyclic) bond motifs is 1. The van der Waals surface area contributed by atoms with Crippen molar-refractivity contribution in [2.45, 2.75) is 0 Å². The Labute approximate surface area is 61.9 Å². The summed E-state index contributed by atoms with van der Waals surface area (Å²) in [7, 11) is 0. The van der Waals surface area contributed by atoms with Crippen molar-refractivity contribution in [1.82, 2.24) is 15.0 Å². The molecule has 4 nitrogen and oxygen atoms in total. The van der Waals surface area contributed by atoms with Crippen LogP contribution >= 0.6 is 0 Å². The number of H-pyrrole nitrogens is 1. The molecule has 2 rings (SSSR count). The van der Waals surface area contributed by atoms with Gasteiger partial charge in [-0.25, -0.2) is 9.97 Å². The first kappa shape index (κ1) is 6.03. The summed E-state index contributed by atoms with van der Waals surface area (Å²) in [4.78, 5) is 21.3. The second-order valence-electron chi connectivity index (χ2n) is 2.11. The number of hydrogen-bond donors (Lipinski definition) is 1. The molecule has 0 radical (unpaired) electrons. The van der Waals surface area contributed by atoms with Crippen molar-refractivity contribution in [3.05, 3.63) is 35.0 Å². The predicted molar refractivity (Wildman–Crippen MR) is 40.2 cm³/mol. The van der Waals surface area contributed by atoms with Gasteiger partial charge in [-0.15, -0.1) is 0 Å². The smallest absolute Gasteiger partial charge is 0.297 e. The van der Waals surface area contributed by atoms with Crippen LogP contribution in [-0.2, 0) is 0 Å². The lowest BCUT2D eigenvalue weighted by Gasteiger charge is -1.71. The van der Waals surface area contributed by atoms with Gasteiger partial charge in [-0.05, 0) is 12.1 Å². The van der Waals surface area contributed by atoms with Crippen LogP contribution in [0.4, 0.5) is 0 Å². The third-order valence-electron chi connectivity index (χ3n) is 1.41. The molecule has 0 unspecified atom stereocenters. The molecule has 0 aromatic carbocycles. The second-order valence-corrected chi connectivity index (χ2v) is 2.11. The van der Waals surface area contributed by atoms with Crippen LogP contribution in [0.1, 0.15) is 0 Å². The maximum atomic E-state index is 11.0. The largest absolute Gasteiger partial charge is 0.344 e. The Morgan fingerprint density at radius 3 is 3.18 bits per heavy atom. The lowest BCUT2D eigenvalue weighted by atomic mass is 10.4. The molecule has 2 heterocycles. The highest BCUT2D eigenvalue weighted by Gasteiger charge is 1.96. The fourth-order valence-electron chi connectivity index (χ4n) is 0.913. The van der Waals surface area contributed by atoms with Crippen LogP contribution in [-0.4, -0.2) is 15.0 Å². The Kier molecular flexibility index (Phi) is 1.18. The van der Waals surface area contributed by atoms with Gasteiger partial charge >= 0.3 is 0 Å². The van der Waals surface area contributed by atoms with E-state index in [1.807, 2.05) is 0 Å². The molecule has 0 saturated heterocycles. The normalized spacial score (nSPS) is 10.2. The van der Waals surface area contributed by atoms with Crippen LogP contribution in [0.3, 0.4) is 0 Å². The summed E-state index contributed by atoms with van der Waals surface area (Å²) in [5.74, 6) is 0. The molecule has 0 fully saturated rings. The summed E-state index contributed by atoms with van der Waals surface area (Å²) < 4.78 is 0. The van der Waals surface area contributed by atoms with Crippen molar-refractivity contribution in [2.24, 2.45) is 0 Å². The molecule has 54 valence electrons. The summed E-state index contributed by atoms with van der Waals surface area (Å²) >= 11 is 0. The van der Waals surface area contributed by atoms with Crippen molar-refractivity contribution in [1.29, 1.82) is 0 Å². The van der Waals surface area contributed by atoms with Crippen molar-refractivity contribution < 1.29 is 0 Å². The predicted octanol–water partition coefficient (Wildman–Crippen LogP) is 0.318. The summed E-state index contributed by atoms with van der Waals surface area (Å²) in [5, 5.41) is 0. The average molecular weight is 147 g/mol. The van der Waals surface area contributed by atoms with E-state index in [1.54, 1.807) is 12.1 Å². The first-order valence-corrected chi connectivity index (χ1v) is 3.16. The Balaban J connectivity index is 3.09. The van der Waals surface area contributed by atoms with E-state index < -0.39 is 0 Å². The number of aromatic amines is 1. The molecule has 0 saturated carbocycles. The minimum absolute atomic E-state index is 0.300. The van der Waals surface area contributed by atoms with E-state index in [4.69, 9.17) is 0 Å². The third-order valence-corrected chi connectivity index (χ3v) is 1.41. The van der Waals surface area contributed by atoms with Crippen LogP contribution in [0.25, 0.3) is 11.0 Å². The summed E-state index contributed by atoms with van der Waals surface area (Å²) in [6.07, 6.45) is 2.94. The molecule has 0 atom stereocenters. The quantitative estimate of drug-likeness (QED) is 0.583. The fourth-order valence-corrected chi connectivity index (χ4v) is 0.913. The van der Waals surface area contributed by atoms with E-state index in [0.29, 0.717) is 11.0 Å². The Bertz CT molecular complexity index is 435. The number of nitrogens with one attached hydrogen (secondary N) is 1. The highest BCUT2D eigenvalue weighted by molar-refractivity contribution is 5.71. The number of aromatic nitrogens is 3. The molecule has 0 spiro atoms. The monoisotopic (exact) mass is 147 g/mol. The first-order valence-electron chi connectivity index (χ1n) is 3.16. The lowest BCUT2D eigenvalue weighted by Crippen LogP contribution is -2.00. The zero-order valence-corrected chi connectivity index (χ0v) is 5.61. The standard InChI is InChI=1S/C7H5N3O/c11-7-6-5(9-4-10-6)2-1-3-8-7/h1-4H,(H,9,10). The number of rotatable bonds is 0. The summed E-state index contributed by atoms with van der Waals surface area (Å²) in [5.41, 5.74) is 0.800. The van der Waals surface area contributed by atoms with Crippen LogP contribution in [0.5, 0.6) is 0 Å². The Hall–Kier alpha value is -1.71. The fraction of sp³-hybridized carbons (Fsp3) is 0. The van der Waals surface area contributed by atoms with E-state index in [9.17, 15) is 4.79 Å². The van der Waals surface area contributed by atoms with E-state index in [1.165, 1.54) is 12.5 Å². The molecular formula is C7H5N3O. The second kappa shape index (κ2) is 2.16. The molecule has 0 aliphatic heterocycles. The van der Waals surface area contributed by atoms with E-state index in [-0.39, 0.29) is 5.56 Å². The zero-order chi connectivity index (χ0) is 7.68. The van der Waals surface area contributed by atoms with Gasteiger partial charge in [0.1, 0.15) is 0 Å². The summed E-state index contributed by atoms with van der Waals surface area (Å²) in [6, 6.07) is 3.46. The zero-order valence-electron chi connectivity index (χ0n) is 5.61. The van der Waals surface area contributed by atoms with Gasteiger partial charge in [-0.2, -0.15) is 0 Å². The molecule has 1 N–H and O–H groups in total. The maximum Gasteiger partial charge on any atom is 0.297 e. The molecule has 0 amide bonds. The molecule has 4 heteroatoms. The van der Waals surface area contributed by atoms with Crippen molar-refractivity contribution in [2.75, 3.05) is 0 Å². The van der Waals surface area contributed by atoms with Crippen LogP contribution in [0, 0.1) is 0 Å². The molecule has 0 aliphatic rings. The van der Waals surface area contributed by atoms with Gasteiger partial charge in [0, 0.05) is 6.20 Å². The van der Waals surface area contributed by atoms with Crippen LogP contribution in [0.15, 0.2) is 29.5 Å². The van der Waals surface area contributed by atoms with Crippen LogP contribution < -0.4 is 5.56 Å². The van der Waals surface area contributed by atoms with Gasteiger partial charge in [0.2, 0.25) is 0 Å². The highest BCUT2D eigenvalue weighted by atomic mass is 16.1. The summed E-state index contributed by atoms with van der Waals surface area (Å²) in [6.45, 7) is 0. The molecule has 0 aliphatic carbocycles. The molecule has 0 bridgehead atoms. The van der Waals surface area contributed by atoms with E-state index >= 15 is 0 Å². The van der Waals surface area contributed by atoms with Crippen molar-refractivity contribution in [3.63, 3.8) is 0 Å². The van der Waals surface area contributed by atoms with E-state index in [0.717, 1.165) is 0 Å². The van der Waals surface area contributed by atoms with Gasteiger partial charge in [0.15, 0.2) is 5.52 Å². The van der Waals surface area contributed by atoms with Gasteiger partial charge in [0.05, 0.1) is 11.8 Å². The van der Waals surface area contributed by atoms with Crippen molar-refractivity contribution >= 4 is 11.0 Å². The van der Waals surface area contributed by atoms with Gasteiger partial charge in [-0.1, -0.05) is 0 Å². The number of imidazole rings is 1. The maximum absolute atomic E-state index is 11.0. The molecular weight excluding hydrogens is 142 g/mol. The Morgan fingerprint density at radius 2 is 2.27 bits per heavy atom. The molecule has 2 aromatic rings. The highest BCUT2D eigenvalue weighted by Crippen LogP contribution is 1.98. The van der Waals surface area contributed by atoms with E-state index in [2.05, 4.69) is 15.0 Å². The SMILES string of the molecule is O=c1ncccc2[nH]cnc12. The third kappa shape index (κ3) is 0.881. The number of nitrogens with zero attached hydrogens (tertiary/aromatic N) is 2. The minimum Gasteiger partial charge on any atom is -0.344 e. The van der Waals surface area contributed by atoms with Crippen molar-refractivity contribution in [3.8, 4) is 0 Å². The topological polar surface area (TPSA) is 58.6 Å². The Morgan fingerprint density at radius 1 is 1.36 bits per heavy atom. The van der Waals surface area contributed by atoms with Crippen LogP contribution in [0.2, 0.25) is 0 Å². The van der Waals surface area contributed by atoms with Gasteiger partial charge < -0.3 is 4.98 Å². The average Bonchev–Trinajstić information content (AvgIpc) is 2.40. The minimum atomic E-state index is -0.300. The van der Waals surface area contributed by atoms with Gasteiger partial charge in [-0.3, -0.25) is 4.79 Å². The molecule has 2 aromatic heterocycles. The lowest BCUT2D eigenvalue weighted by molar-refractivity contribution is 1.26. The first-order chi connectivity index (χ1) is 5.38. The number of hydrogen-bond acceptors (Lipinski definition) is 3. The molecule has 11 heavy (non-hydrogen) atoms.